The third kappa shape index (κ3) is 3.80. The molecule has 2 aromatic rings. The number of ether oxygens (including phenoxy) is 1. The van der Waals surface area contributed by atoms with E-state index < -0.39 is 5.97 Å². The molecule has 4 rings (SSSR count). The minimum absolute atomic E-state index is 0.0360. The fourth-order valence-corrected chi connectivity index (χ4v) is 3.57. The summed E-state index contributed by atoms with van der Waals surface area (Å²) in [5.41, 5.74) is 1.38. The molecule has 0 saturated carbocycles. The van der Waals surface area contributed by atoms with Gasteiger partial charge in [-0.1, -0.05) is 23.4 Å². The minimum Gasteiger partial charge on any atom is -0.476 e. The Morgan fingerprint density at radius 2 is 2.14 bits per heavy atom. The Balaban J connectivity index is 1.46. The average Bonchev–Trinajstić information content (AvgIpc) is 3.06. The zero-order chi connectivity index (χ0) is 19.5. The average molecular weight is 380 g/mol. The van der Waals surface area contributed by atoms with E-state index >= 15 is 0 Å². The second-order valence-corrected chi connectivity index (χ2v) is 6.95. The van der Waals surface area contributed by atoms with Gasteiger partial charge in [0.1, 0.15) is 5.75 Å². The number of aromatic nitrogens is 3. The molecular formula is C20H20N4O4. The summed E-state index contributed by atoms with van der Waals surface area (Å²) in [7, 11) is 0. The number of hydrogen-bond donors (Lipinski definition) is 1. The predicted octanol–water partition coefficient (Wildman–Crippen LogP) is 2.20. The van der Waals surface area contributed by atoms with E-state index in [1.54, 1.807) is 12.3 Å². The highest BCUT2D eigenvalue weighted by atomic mass is 16.5. The number of carboxylic acids is 1. The Hall–Kier alpha value is -3.42. The maximum absolute atomic E-state index is 13.0. The molecule has 8 nitrogen and oxygen atoms in total. The Labute approximate surface area is 161 Å². The summed E-state index contributed by atoms with van der Waals surface area (Å²) >= 11 is 0. The van der Waals surface area contributed by atoms with E-state index in [0.29, 0.717) is 25.2 Å². The van der Waals surface area contributed by atoms with Crippen LogP contribution in [0.25, 0.3) is 6.08 Å². The molecule has 0 radical (unpaired) electrons. The number of hydrogen-bond acceptors (Lipinski definition) is 5. The molecule has 8 heteroatoms. The predicted molar refractivity (Wildman–Crippen MR) is 100 cm³/mol. The Morgan fingerprint density at radius 3 is 2.96 bits per heavy atom. The van der Waals surface area contributed by atoms with Gasteiger partial charge in [0.05, 0.1) is 12.5 Å². The number of para-hydroxylation sites is 1. The quantitative estimate of drug-likeness (QED) is 0.873. The molecule has 1 N–H and O–H groups in total. The van der Waals surface area contributed by atoms with Crippen molar-refractivity contribution in [3.8, 4) is 5.75 Å². The number of fused-ring (bicyclic) bond motifs is 1. The van der Waals surface area contributed by atoms with E-state index in [4.69, 9.17) is 9.84 Å². The third-order valence-corrected chi connectivity index (χ3v) is 4.93. The van der Waals surface area contributed by atoms with Gasteiger partial charge in [-0.2, -0.15) is 0 Å². The maximum atomic E-state index is 13.0. The lowest BCUT2D eigenvalue weighted by atomic mass is 9.97. The molecule has 0 bridgehead atoms. The van der Waals surface area contributed by atoms with Crippen molar-refractivity contribution < 1.29 is 19.4 Å². The molecule has 28 heavy (non-hydrogen) atoms. The highest BCUT2D eigenvalue weighted by Gasteiger charge is 2.26. The second kappa shape index (κ2) is 7.67. The molecule has 0 spiro atoms. The first-order valence-electron chi connectivity index (χ1n) is 9.17. The molecule has 1 amide bonds. The monoisotopic (exact) mass is 380 g/mol. The first-order valence-corrected chi connectivity index (χ1v) is 9.17. The summed E-state index contributed by atoms with van der Waals surface area (Å²) in [6.07, 6.45) is 8.35. The number of nitrogens with zero attached hydrogens (tertiary/aromatic N) is 4. The van der Waals surface area contributed by atoms with Gasteiger partial charge in [0.2, 0.25) is 0 Å². The summed E-state index contributed by atoms with van der Waals surface area (Å²) in [6.45, 7) is 1.82. The van der Waals surface area contributed by atoms with Crippen LogP contribution in [0.3, 0.4) is 0 Å². The van der Waals surface area contributed by atoms with Crippen molar-refractivity contribution in [2.45, 2.75) is 19.4 Å². The molecule has 2 aliphatic rings. The van der Waals surface area contributed by atoms with E-state index in [-0.39, 0.29) is 17.5 Å². The van der Waals surface area contributed by atoms with Gasteiger partial charge in [-0.25, -0.2) is 4.79 Å². The standard InChI is InChI=1S/C20H20N4O4/c25-19(16-7-9-28-18-6-2-1-5-15(18)10-16)23-8-3-4-14(11-23)12-24-13-17(20(26)27)21-22-24/h1-2,5-7,9-10,13-14H,3-4,8,11-12H2,(H,26,27). The van der Waals surface area contributed by atoms with Gasteiger partial charge < -0.3 is 14.7 Å². The van der Waals surface area contributed by atoms with Crippen molar-refractivity contribution in [2.75, 3.05) is 13.1 Å². The SMILES string of the molecule is O=C(O)c1cn(CC2CCCN(C(=O)C3=Cc4ccccc4OC=C3)C2)nn1. The normalized spacial score (nSPS) is 18.6. The van der Waals surface area contributed by atoms with Gasteiger partial charge in [0, 0.05) is 30.8 Å². The van der Waals surface area contributed by atoms with Gasteiger partial charge >= 0.3 is 5.97 Å². The summed E-state index contributed by atoms with van der Waals surface area (Å²) in [5.74, 6) is -0.217. The molecule has 0 aliphatic carbocycles. The molecule has 1 aromatic carbocycles. The Morgan fingerprint density at radius 1 is 1.29 bits per heavy atom. The molecule has 1 unspecified atom stereocenters. The molecule has 2 aliphatic heterocycles. The van der Waals surface area contributed by atoms with Gasteiger partial charge in [-0.3, -0.25) is 9.48 Å². The number of likely N-dealkylation sites (tertiary alicyclic amines) is 1. The van der Waals surface area contributed by atoms with Crippen molar-refractivity contribution in [3.63, 3.8) is 0 Å². The number of amides is 1. The molecule has 1 aromatic heterocycles. The maximum Gasteiger partial charge on any atom is 0.358 e. The second-order valence-electron chi connectivity index (χ2n) is 6.95. The molecule has 144 valence electrons. The fraction of sp³-hybridized carbons (Fsp3) is 0.300. The van der Waals surface area contributed by atoms with Crippen LogP contribution >= 0.6 is 0 Å². The van der Waals surface area contributed by atoms with Crippen LogP contribution in [0.2, 0.25) is 0 Å². The first kappa shape index (κ1) is 18.0. The zero-order valence-corrected chi connectivity index (χ0v) is 15.2. The molecule has 1 saturated heterocycles. The van der Waals surface area contributed by atoms with Gasteiger partial charge in [0.15, 0.2) is 5.69 Å². The highest BCUT2D eigenvalue weighted by Crippen LogP contribution is 2.26. The van der Waals surface area contributed by atoms with E-state index in [1.807, 2.05) is 35.2 Å². The first-order chi connectivity index (χ1) is 13.6. The van der Waals surface area contributed by atoms with Crippen molar-refractivity contribution in [3.05, 3.63) is 59.6 Å². The van der Waals surface area contributed by atoms with Crippen LogP contribution in [0.4, 0.5) is 0 Å². The zero-order valence-electron chi connectivity index (χ0n) is 15.2. The van der Waals surface area contributed by atoms with Gasteiger partial charge in [-0.05, 0) is 37.0 Å². The lowest BCUT2D eigenvalue weighted by molar-refractivity contribution is -0.128. The van der Waals surface area contributed by atoms with Crippen LogP contribution in [0.15, 0.2) is 48.4 Å². The van der Waals surface area contributed by atoms with Crippen molar-refractivity contribution in [1.29, 1.82) is 0 Å². The van der Waals surface area contributed by atoms with E-state index in [9.17, 15) is 9.59 Å². The number of carboxylic acid groups (broad SMARTS) is 1. The fourth-order valence-electron chi connectivity index (χ4n) is 3.57. The van der Waals surface area contributed by atoms with Crippen LogP contribution in [0, 0.1) is 5.92 Å². The number of piperidine rings is 1. The van der Waals surface area contributed by atoms with Crippen molar-refractivity contribution in [2.24, 2.45) is 5.92 Å². The Kier molecular flexibility index (Phi) is 4.92. The van der Waals surface area contributed by atoms with Crippen molar-refractivity contribution in [1.82, 2.24) is 19.9 Å². The largest absolute Gasteiger partial charge is 0.476 e. The summed E-state index contributed by atoms with van der Waals surface area (Å²) in [6, 6.07) is 7.58. The van der Waals surface area contributed by atoms with E-state index in [1.165, 1.54) is 10.9 Å². The minimum atomic E-state index is -1.10. The van der Waals surface area contributed by atoms with Gasteiger partial charge in [0.25, 0.3) is 5.91 Å². The van der Waals surface area contributed by atoms with Crippen LogP contribution in [0.1, 0.15) is 28.9 Å². The number of aromatic carboxylic acids is 1. The summed E-state index contributed by atoms with van der Waals surface area (Å²) < 4.78 is 7.11. The van der Waals surface area contributed by atoms with Crippen LogP contribution < -0.4 is 4.74 Å². The lowest BCUT2D eigenvalue weighted by Crippen LogP contribution is -2.41. The molecule has 1 atom stereocenters. The van der Waals surface area contributed by atoms with Gasteiger partial charge in [-0.15, -0.1) is 5.10 Å². The number of rotatable bonds is 4. The molecule has 1 fully saturated rings. The lowest BCUT2D eigenvalue weighted by Gasteiger charge is -2.32. The van der Waals surface area contributed by atoms with Crippen LogP contribution in [0.5, 0.6) is 5.75 Å². The summed E-state index contributed by atoms with van der Waals surface area (Å²) in [4.78, 5) is 25.8. The summed E-state index contributed by atoms with van der Waals surface area (Å²) in [5, 5.41) is 16.5. The van der Waals surface area contributed by atoms with Crippen LogP contribution in [-0.4, -0.2) is 50.0 Å². The Bertz CT molecular complexity index is 963. The molecule has 3 heterocycles. The van der Waals surface area contributed by atoms with Crippen molar-refractivity contribution >= 4 is 18.0 Å². The highest BCUT2D eigenvalue weighted by molar-refractivity contribution is 6.01. The van der Waals surface area contributed by atoms with E-state index in [0.717, 1.165) is 24.2 Å². The smallest absolute Gasteiger partial charge is 0.358 e. The van der Waals surface area contributed by atoms with E-state index in [2.05, 4.69) is 10.3 Å². The van der Waals surface area contributed by atoms with Crippen LogP contribution in [-0.2, 0) is 11.3 Å². The third-order valence-electron chi connectivity index (χ3n) is 4.93. The number of benzene rings is 1. The number of carbonyl (C=O) groups excluding carboxylic acids is 1. The molecular weight excluding hydrogens is 360 g/mol. The topological polar surface area (TPSA) is 97.5 Å². The number of carbonyl (C=O) groups is 2.